The van der Waals surface area contributed by atoms with Gasteiger partial charge in [0, 0.05) is 17.1 Å². The van der Waals surface area contributed by atoms with Crippen LogP contribution in [0.5, 0.6) is 5.88 Å². The summed E-state index contributed by atoms with van der Waals surface area (Å²) in [4.78, 5) is 8.98. The van der Waals surface area contributed by atoms with Gasteiger partial charge in [0.15, 0.2) is 0 Å². The number of hydrogen-bond acceptors (Lipinski definition) is 5. The molecular formula is C10H15N3OS. The first-order valence-electron chi connectivity index (χ1n) is 4.95. The molecule has 82 valence electrons. The van der Waals surface area contributed by atoms with E-state index in [4.69, 9.17) is 4.74 Å². The van der Waals surface area contributed by atoms with Crippen molar-refractivity contribution >= 4 is 11.8 Å². The topological polar surface area (TPSA) is 47.0 Å². The van der Waals surface area contributed by atoms with Gasteiger partial charge in [-0.05, 0) is 14.0 Å². The Morgan fingerprint density at radius 1 is 1.40 bits per heavy atom. The van der Waals surface area contributed by atoms with Crippen molar-refractivity contribution in [3.8, 4) is 5.88 Å². The molecule has 1 aliphatic rings. The second-order valence-corrected chi connectivity index (χ2v) is 4.51. The number of thioether (sulfide) groups is 1. The van der Waals surface area contributed by atoms with Gasteiger partial charge in [-0.25, -0.2) is 4.98 Å². The van der Waals surface area contributed by atoms with Gasteiger partial charge in [-0.2, -0.15) is 16.7 Å². The minimum atomic E-state index is 0.162. The number of rotatable bonds is 3. The van der Waals surface area contributed by atoms with E-state index in [1.54, 1.807) is 7.11 Å². The third kappa shape index (κ3) is 1.94. The van der Waals surface area contributed by atoms with Crippen LogP contribution in [0.25, 0.3) is 0 Å². The molecule has 2 rings (SSSR count). The Kier molecular flexibility index (Phi) is 3.11. The maximum atomic E-state index is 5.30. The number of fused-ring (bicyclic) bond motifs is 1. The zero-order chi connectivity index (χ0) is 10.8. The van der Waals surface area contributed by atoms with Crippen molar-refractivity contribution in [2.75, 3.05) is 14.2 Å². The molecule has 0 amide bonds. The number of nitrogens with one attached hydrogen (secondary N) is 1. The molecule has 0 radical (unpaired) electrons. The second-order valence-electron chi connectivity index (χ2n) is 3.52. The highest BCUT2D eigenvalue weighted by Crippen LogP contribution is 2.34. The number of hydrogen-bond donors (Lipinski definition) is 1. The lowest BCUT2D eigenvalue weighted by molar-refractivity contribution is 0.387. The summed E-state index contributed by atoms with van der Waals surface area (Å²) in [6.45, 7) is 2.04. The van der Waals surface area contributed by atoms with Crippen LogP contribution in [0.2, 0.25) is 0 Å². The monoisotopic (exact) mass is 225 g/mol. The van der Waals surface area contributed by atoms with E-state index in [1.807, 2.05) is 25.7 Å². The van der Waals surface area contributed by atoms with Crippen molar-refractivity contribution in [3.63, 3.8) is 0 Å². The quantitative estimate of drug-likeness (QED) is 0.845. The molecule has 15 heavy (non-hydrogen) atoms. The van der Waals surface area contributed by atoms with Crippen LogP contribution >= 0.6 is 11.8 Å². The summed E-state index contributed by atoms with van der Waals surface area (Å²) in [6.07, 6.45) is 0. The molecule has 1 N–H and O–H groups in total. The Morgan fingerprint density at radius 3 is 2.87 bits per heavy atom. The molecule has 1 aromatic heterocycles. The van der Waals surface area contributed by atoms with Crippen molar-refractivity contribution in [2.24, 2.45) is 0 Å². The van der Waals surface area contributed by atoms with Crippen LogP contribution in [-0.4, -0.2) is 24.1 Å². The first-order chi connectivity index (χ1) is 7.26. The van der Waals surface area contributed by atoms with Crippen LogP contribution in [0.1, 0.15) is 30.0 Å². The second kappa shape index (κ2) is 4.37. The fourth-order valence-corrected chi connectivity index (χ4v) is 2.56. The van der Waals surface area contributed by atoms with Crippen LogP contribution in [0.3, 0.4) is 0 Å². The molecule has 0 fully saturated rings. The highest BCUT2D eigenvalue weighted by molar-refractivity contribution is 7.98. The van der Waals surface area contributed by atoms with E-state index < -0.39 is 0 Å². The van der Waals surface area contributed by atoms with Gasteiger partial charge in [0.05, 0.1) is 18.8 Å². The fraction of sp³-hybridized carbons (Fsp3) is 0.600. The molecule has 0 saturated heterocycles. The number of aromatic nitrogens is 2. The lowest BCUT2D eigenvalue weighted by Crippen LogP contribution is -2.17. The van der Waals surface area contributed by atoms with Crippen molar-refractivity contribution in [1.29, 1.82) is 0 Å². The van der Waals surface area contributed by atoms with Gasteiger partial charge in [-0.1, -0.05) is 0 Å². The molecular weight excluding hydrogens is 210 g/mol. The number of ether oxygens (including phenoxy) is 1. The van der Waals surface area contributed by atoms with E-state index in [2.05, 4.69) is 15.3 Å². The van der Waals surface area contributed by atoms with Crippen LogP contribution in [0.4, 0.5) is 0 Å². The van der Waals surface area contributed by atoms with Crippen LogP contribution in [0, 0.1) is 0 Å². The molecule has 0 spiro atoms. The SMILES string of the molecule is CNC(C)c1nc2c(c(OC)n1)CSC2. The zero-order valence-electron chi connectivity index (χ0n) is 9.20. The third-order valence-electron chi connectivity index (χ3n) is 2.57. The zero-order valence-corrected chi connectivity index (χ0v) is 10.0. The van der Waals surface area contributed by atoms with Crippen molar-refractivity contribution in [2.45, 2.75) is 24.5 Å². The molecule has 1 atom stereocenters. The summed E-state index contributed by atoms with van der Waals surface area (Å²) in [5.41, 5.74) is 2.29. The molecule has 1 unspecified atom stereocenters. The summed E-state index contributed by atoms with van der Waals surface area (Å²) in [5.74, 6) is 3.49. The molecule has 0 saturated carbocycles. The van der Waals surface area contributed by atoms with Gasteiger partial charge in [0.1, 0.15) is 5.82 Å². The highest BCUT2D eigenvalue weighted by atomic mass is 32.2. The van der Waals surface area contributed by atoms with E-state index in [1.165, 1.54) is 0 Å². The maximum Gasteiger partial charge on any atom is 0.220 e. The van der Waals surface area contributed by atoms with Crippen molar-refractivity contribution < 1.29 is 4.74 Å². The summed E-state index contributed by atoms with van der Waals surface area (Å²) >= 11 is 1.86. The van der Waals surface area contributed by atoms with Crippen molar-refractivity contribution in [3.05, 3.63) is 17.1 Å². The average Bonchev–Trinajstić information content (AvgIpc) is 2.74. The van der Waals surface area contributed by atoms with Gasteiger partial charge in [-0.15, -0.1) is 0 Å². The fourth-order valence-electron chi connectivity index (χ4n) is 1.53. The minimum Gasteiger partial charge on any atom is -0.481 e. The van der Waals surface area contributed by atoms with E-state index in [0.29, 0.717) is 0 Å². The van der Waals surface area contributed by atoms with Crippen LogP contribution in [-0.2, 0) is 11.5 Å². The summed E-state index contributed by atoms with van der Waals surface area (Å²) < 4.78 is 5.30. The molecule has 4 nitrogen and oxygen atoms in total. The standard InChI is InChI=1S/C10H15N3OS/c1-6(11-2)9-12-8-5-15-4-7(8)10(13-9)14-3/h6,11H,4-5H2,1-3H3. The predicted molar refractivity (Wildman–Crippen MR) is 61.1 cm³/mol. The number of nitrogens with zero attached hydrogens (tertiary/aromatic N) is 2. The molecule has 0 aliphatic carbocycles. The Hall–Kier alpha value is -0.810. The summed E-state index contributed by atoms with van der Waals surface area (Å²) in [7, 11) is 3.57. The molecule has 0 bridgehead atoms. The summed E-state index contributed by atoms with van der Waals surface area (Å²) in [6, 6.07) is 0.162. The molecule has 5 heteroatoms. The Balaban J connectivity index is 2.43. The largest absolute Gasteiger partial charge is 0.481 e. The third-order valence-corrected chi connectivity index (χ3v) is 3.54. The minimum absolute atomic E-state index is 0.162. The van der Waals surface area contributed by atoms with E-state index >= 15 is 0 Å². The lowest BCUT2D eigenvalue weighted by atomic mass is 10.2. The van der Waals surface area contributed by atoms with E-state index in [9.17, 15) is 0 Å². The van der Waals surface area contributed by atoms with Gasteiger partial charge in [0.2, 0.25) is 5.88 Å². The molecule has 1 aliphatic heterocycles. The van der Waals surface area contributed by atoms with Crippen molar-refractivity contribution in [1.82, 2.24) is 15.3 Å². The van der Waals surface area contributed by atoms with Gasteiger partial charge in [-0.3, -0.25) is 0 Å². The van der Waals surface area contributed by atoms with E-state index in [0.717, 1.165) is 34.5 Å². The smallest absolute Gasteiger partial charge is 0.220 e. The van der Waals surface area contributed by atoms with Crippen LogP contribution < -0.4 is 10.1 Å². The predicted octanol–water partition coefficient (Wildman–Crippen LogP) is 1.51. The normalized spacial score (nSPS) is 16.2. The first kappa shape index (κ1) is 10.7. The Bertz CT molecular complexity index is 370. The number of methoxy groups -OCH3 is 1. The molecule has 1 aromatic rings. The lowest BCUT2D eigenvalue weighted by Gasteiger charge is -2.12. The average molecular weight is 225 g/mol. The van der Waals surface area contributed by atoms with Crippen LogP contribution in [0.15, 0.2) is 0 Å². The summed E-state index contributed by atoms with van der Waals surface area (Å²) in [5, 5.41) is 3.14. The maximum absolute atomic E-state index is 5.30. The Morgan fingerprint density at radius 2 is 2.20 bits per heavy atom. The van der Waals surface area contributed by atoms with Gasteiger partial charge in [0.25, 0.3) is 0 Å². The molecule has 0 aromatic carbocycles. The van der Waals surface area contributed by atoms with Gasteiger partial charge < -0.3 is 10.1 Å². The highest BCUT2D eigenvalue weighted by Gasteiger charge is 2.21. The first-order valence-corrected chi connectivity index (χ1v) is 6.10. The Labute approximate surface area is 93.8 Å². The molecule has 2 heterocycles. The van der Waals surface area contributed by atoms with Gasteiger partial charge >= 0.3 is 0 Å². The van der Waals surface area contributed by atoms with E-state index in [-0.39, 0.29) is 6.04 Å².